The highest BCUT2D eigenvalue weighted by Gasteiger charge is 2.08. The lowest BCUT2D eigenvalue weighted by atomic mass is 10.3. The standard InChI is InChI=1S/C10H7BrClFN4O/c1-18-10-16-8(12)15-9(17-10)14-7-3-2-5(11)4-6(7)13/h2-4H,1H3,(H,14,15,16,17). The molecule has 0 atom stereocenters. The number of halogens is 3. The van der Waals surface area contributed by atoms with Crippen molar-refractivity contribution in [3.63, 3.8) is 0 Å². The first-order valence-electron chi connectivity index (χ1n) is 4.76. The molecule has 0 amide bonds. The number of hydrogen-bond donors (Lipinski definition) is 1. The SMILES string of the molecule is COc1nc(Cl)nc(Nc2ccc(Br)cc2F)n1. The van der Waals surface area contributed by atoms with Crippen LogP contribution in [-0.4, -0.2) is 22.1 Å². The minimum absolute atomic E-state index is 0.0399. The van der Waals surface area contributed by atoms with Crippen molar-refractivity contribution in [2.24, 2.45) is 0 Å². The summed E-state index contributed by atoms with van der Waals surface area (Å²) < 4.78 is 19.1. The average Bonchev–Trinajstić information content (AvgIpc) is 2.32. The Morgan fingerprint density at radius 2 is 2.11 bits per heavy atom. The molecule has 2 aromatic rings. The van der Waals surface area contributed by atoms with Crippen LogP contribution in [0.25, 0.3) is 0 Å². The first kappa shape index (κ1) is 13.0. The molecule has 0 aliphatic carbocycles. The molecule has 1 heterocycles. The van der Waals surface area contributed by atoms with Crippen molar-refractivity contribution in [3.8, 4) is 6.01 Å². The van der Waals surface area contributed by atoms with Crippen LogP contribution in [0.5, 0.6) is 6.01 Å². The number of benzene rings is 1. The molecule has 1 N–H and O–H groups in total. The number of hydrogen-bond acceptors (Lipinski definition) is 5. The van der Waals surface area contributed by atoms with Gasteiger partial charge in [0.25, 0.3) is 0 Å². The van der Waals surface area contributed by atoms with Crippen LogP contribution in [-0.2, 0) is 0 Å². The van der Waals surface area contributed by atoms with E-state index in [1.54, 1.807) is 12.1 Å². The second kappa shape index (κ2) is 5.45. The van der Waals surface area contributed by atoms with Gasteiger partial charge in [-0.15, -0.1) is 0 Å². The lowest BCUT2D eigenvalue weighted by molar-refractivity contribution is 0.379. The molecule has 8 heteroatoms. The molecular weight excluding hydrogens is 326 g/mol. The van der Waals surface area contributed by atoms with Gasteiger partial charge in [0.05, 0.1) is 12.8 Å². The second-order valence-electron chi connectivity index (χ2n) is 3.16. The maximum absolute atomic E-state index is 13.6. The van der Waals surface area contributed by atoms with E-state index in [-0.39, 0.29) is 22.9 Å². The van der Waals surface area contributed by atoms with Crippen LogP contribution in [0.3, 0.4) is 0 Å². The van der Waals surface area contributed by atoms with E-state index in [1.165, 1.54) is 13.2 Å². The summed E-state index contributed by atoms with van der Waals surface area (Å²) in [6, 6.07) is 4.60. The predicted molar refractivity (Wildman–Crippen MR) is 68.8 cm³/mol. The third-order valence-electron chi connectivity index (χ3n) is 1.95. The maximum Gasteiger partial charge on any atom is 0.322 e. The molecule has 1 aromatic carbocycles. The normalized spacial score (nSPS) is 10.2. The molecule has 94 valence electrons. The molecule has 2 rings (SSSR count). The second-order valence-corrected chi connectivity index (χ2v) is 4.42. The Hall–Kier alpha value is -1.47. The van der Waals surface area contributed by atoms with Gasteiger partial charge in [-0.1, -0.05) is 15.9 Å². The number of ether oxygens (including phenoxy) is 1. The van der Waals surface area contributed by atoms with Crippen LogP contribution in [0, 0.1) is 5.82 Å². The third-order valence-corrected chi connectivity index (χ3v) is 2.61. The fourth-order valence-corrected chi connectivity index (χ4v) is 1.68. The molecule has 0 aliphatic rings. The number of anilines is 2. The topological polar surface area (TPSA) is 59.9 Å². The molecule has 1 aromatic heterocycles. The molecule has 0 spiro atoms. The van der Waals surface area contributed by atoms with Crippen molar-refractivity contribution in [2.75, 3.05) is 12.4 Å². The third kappa shape index (κ3) is 3.05. The van der Waals surface area contributed by atoms with E-state index < -0.39 is 5.82 Å². The number of rotatable bonds is 3. The first-order chi connectivity index (χ1) is 8.58. The summed E-state index contributed by atoms with van der Waals surface area (Å²) in [4.78, 5) is 11.4. The fraction of sp³-hybridized carbons (Fsp3) is 0.100. The minimum Gasteiger partial charge on any atom is -0.467 e. The maximum atomic E-state index is 13.6. The van der Waals surface area contributed by atoms with E-state index in [0.29, 0.717) is 4.47 Å². The zero-order chi connectivity index (χ0) is 13.1. The summed E-state index contributed by atoms with van der Waals surface area (Å²) >= 11 is 8.84. The molecule has 5 nitrogen and oxygen atoms in total. The molecule has 18 heavy (non-hydrogen) atoms. The van der Waals surface area contributed by atoms with Crippen molar-refractivity contribution >= 4 is 39.2 Å². The zero-order valence-electron chi connectivity index (χ0n) is 9.12. The lowest BCUT2D eigenvalue weighted by Crippen LogP contribution is -2.02. The molecule has 0 saturated carbocycles. The van der Waals surface area contributed by atoms with Gasteiger partial charge in [0.1, 0.15) is 5.82 Å². The van der Waals surface area contributed by atoms with Crippen molar-refractivity contribution < 1.29 is 9.13 Å². The Morgan fingerprint density at radius 3 is 2.78 bits per heavy atom. The minimum atomic E-state index is -0.445. The van der Waals surface area contributed by atoms with Gasteiger partial charge in [0, 0.05) is 4.47 Å². The molecule has 0 saturated heterocycles. The van der Waals surface area contributed by atoms with Crippen LogP contribution in [0.1, 0.15) is 0 Å². The average molecular weight is 334 g/mol. The van der Waals surface area contributed by atoms with Gasteiger partial charge in [0.2, 0.25) is 11.2 Å². The first-order valence-corrected chi connectivity index (χ1v) is 5.93. The van der Waals surface area contributed by atoms with E-state index in [2.05, 4.69) is 36.2 Å². The van der Waals surface area contributed by atoms with E-state index in [4.69, 9.17) is 16.3 Å². The van der Waals surface area contributed by atoms with Gasteiger partial charge >= 0.3 is 6.01 Å². The van der Waals surface area contributed by atoms with Crippen LogP contribution in [0.4, 0.5) is 16.0 Å². The quantitative estimate of drug-likeness (QED) is 0.935. The van der Waals surface area contributed by atoms with E-state index in [9.17, 15) is 4.39 Å². The zero-order valence-corrected chi connectivity index (χ0v) is 11.5. The Bertz CT molecular complexity index is 584. The largest absolute Gasteiger partial charge is 0.467 e. The molecule has 0 fully saturated rings. The van der Waals surface area contributed by atoms with Gasteiger partial charge in [-0.2, -0.15) is 15.0 Å². The Labute approximate surface area is 116 Å². The van der Waals surface area contributed by atoms with Gasteiger partial charge in [-0.3, -0.25) is 0 Å². The van der Waals surface area contributed by atoms with Crippen LogP contribution in [0.15, 0.2) is 22.7 Å². The fourth-order valence-electron chi connectivity index (χ4n) is 1.19. The van der Waals surface area contributed by atoms with Crippen molar-refractivity contribution in [3.05, 3.63) is 33.8 Å². The molecule has 0 aliphatic heterocycles. The van der Waals surface area contributed by atoms with E-state index in [1.807, 2.05) is 0 Å². The molecular formula is C10H7BrClFN4O. The lowest BCUT2D eigenvalue weighted by Gasteiger charge is -2.07. The molecule has 0 unspecified atom stereocenters. The number of methoxy groups -OCH3 is 1. The highest BCUT2D eigenvalue weighted by atomic mass is 79.9. The van der Waals surface area contributed by atoms with Gasteiger partial charge in [0.15, 0.2) is 0 Å². The summed E-state index contributed by atoms with van der Waals surface area (Å²) in [5.41, 5.74) is 0.225. The van der Waals surface area contributed by atoms with Gasteiger partial charge in [-0.25, -0.2) is 4.39 Å². The Balaban J connectivity index is 2.30. The number of nitrogens with one attached hydrogen (secondary N) is 1. The highest BCUT2D eigenvalue weighted by molar-refractivity contribution is 9.10. The number of nitrogens with zero attached hydrogens (tertiary/aromatic N) is 3. The van der Waals surface area contributed by atoms with E-state index >= 15 is 0 Å². The highest BCUT2D eigenvalue weighted by Crippen LogP contribution is 2.22. The van der Waals surface area contributed by atoms with Crippen LogP contribution in [0.2, 0.25) is 5.28 Å². The van der Waals surface area contributed by atoms with E-state index in [0.717, 1.165) is 0 Å². The van der Waals surface area contributed by atoms with Crippen molar-refractivity contribution in [1.82, 2.24) is 15.0 Å². The van der Waals surface area contributed by atoms with Crippen molar-refractivity contribution in [2.45, 2.75) is 0 Å². The van der Waals surface area contributed by atoms with Crippen molar-refractivity contribution in [1.29, 1.82) is 0 Å². The Kier molecular flexibility index (Phi) is 3.93. The summed E-state index contributed by atoms with van der Waals surface area (Å²) in [5.74, 6) is -0.340. The van der Waals surface area contributed by atoms with Crippen LogP contribution < -0.4 is 10.1 Å². The summed E-state index contributed by atoms with van der Waals surface area (Å²) in [6.07, 6.45) is 0. The monoisotopic (exact) mass is 332 g/mol. The van der Waals surface area contributed by atoms with Gasteiger partial charge < -0.3 is 10.1 Å². The predicted octanol–water partition coefficient (Wildman–Crippen LogP) is 3.18. The molecule has 0 bridgehead atoms. The summed E-state index contributed by atoms with van der Waals surface area (Å²) in [6.45, 7) is 0. The molecule has 0 radical (unpaired) electrons. The van der Waals surface area contributed by atoms with Gasteiger partial charge in [-0.05, 0) is 29.8 Å². The summed E-state index contributed by atoms with van der Waals surface area (Å²) in [7, 11) is 1.40. The number of aromatic nitrogens is 3. The Morgan fingerprint density at radius 1 is 1.33 bits per heavy atom. The van der Waals surface area contributed by atoms with Crippen LogP contribution >= 0.6 is 27.5 Å². The summed E-state index contributed by atoms with van der Waals surface area (Å²) in [5, 5.41) is 2.65. The smallest absolute Gasteiger partial charge is 0.322 e.